The number of aliphatic hydroxyl groups excluding tert-OH is 1. The monoisotopic (exact) mass is 534 g/mol. The van der Waals surface area contributed by atoms with Crippen LogP contribution in [0.5, 0.6) is 5.75 Å². The highest BCUT2D eigenvalue weighted by atomic mass is 16.5. The lowest BCUT2D eigenvalue weighted by Crippen LogP contribution is -2.58. The van der Waals surface area contributed by atoms with Crippen molar-refractivity contribution in [2.75, 3.05) is 59.6 Å². The second kappa shape index (κ2) is 10.6. The largest absolute Gasteiger partial charge is 0.492 e. The van der Waals surface area contributed by atoms with E-state index in [1.54, 1.807) is 24.1 Å². The Morgan fingerprint density at radius 2 is 1.87 bits per heavy atom. The lowest BCUT2D eigenvalue weighted by Gasteiger charge is -2.46. The highest BCUT2D eigenvalue weighted by Gasteiger charge is 2.44. The summed E-state index contributed by atoms with van der Waals surface area (Å²) < 4.78 is 13.8. The Bertz CT molecular complexity index is 1380. The molecule has 3 aliphatic rings. The number of ether oxygens (including phenoxy) is 2. The van der Waals surface area contributed by atoms with Gasteiger partial charge in [0.1, 0.15) is 18.6 Å². The van der Waals surface area contributed by atoms with Crippen molar-refractivity contribution >= 4 is 22.8 Å². The number of rotatable bonds is 7. The number of carbonyl (C=O) groups excluding carboxylic acids is 1. The number of carboxylic acid groups (broad SMARTS) is 1. The molecule has 0 spiro atoms. The molecule has 4 heterocycles. The second-order valence-electron chi connectivity index (χ2n) is 10.5. The molecule has 2 atom stereocenters. The van der Waals surface area contributed by atoms with E-state index >= 15 is 0 Å². The molecule has 2 N–H and O–H groups in total. The number of fused-ring (bicyclic) bond motifs is 5. The molecule has 39 heavy (non-hydrogen) atoms. The van der Waals surface area contributed by atoms with Gasteiger partial charge >= 0.3 is 5.97 Å². The second-order valence-corrected chi connectivity index (χ2v) is 10.5. The lowest BCUT2D eigenvalue weighted by atomic mass is 9.92. The molecule has 1 aromatic heterocycles. The summed E-state index contributed by atoms with van der Waals surface area (Å²) in [7, 11) is 1.78. The fourth-order valence-corrected chi connectivity index (χ4v) is 6.09. The van der Waals surface area contributed by atoms with Gasteiger partial charge in [-0.3, -0.25) is 14.6 Å². The first-order valence-corrected chi connectivity index (χ1v) is 13.5. The molecule has 2 saturated heterocycles. The molecule has 10 heteroatoms. The van der Waals surface area contributed by atoms with Crippen molar-refractivity contribution in [1.82, 2.24) is 19.3 Å². The molecule has 10 nitrogen and oxygen atoms in total. The summed E-state index contributed by atoms with van der Waals surface area (Å²) in [4.78, 5) is 30.1. The van der Waals surface area contributed by atoms with Crippen LogP contribution < -0.4 is 4.74 Å². The summed E-state index contributed by atoms with van der Waals surface area (Å²) in [6, 6.07) is 12.5. The molecule has 0 saturated carbocycles. The number of benzene rings is 2. The average Bonchev–Trinajstić information content (AvgIpc) is 3.25. The third kappa shape index (κ3) is 4.89. The van der Waals surface area contributed by atoms with Gasteiger partial charge in [-0.15, -0.1) is 0 Å². The minimum absolute atomic E-state index is 0.0153. The van der Waals surface area contributed by atoms with Crippen LogP contribution in [0, 0.1) is 0 Å². The zero-order valence-electron chi connectivity index (χ0n) is 22.1. The first kappa shape index (κ1) is 25.8. The quantitative estimate of drug-likeness (QED) is 0.473. The molecule has 6 rings (SSSR count). The molecule has 2 unspecified atom stereocenters. The number of piperazine rings is 1. The van der Waals surface area contributed by atoms with Crippen molar-refractivity contribution in [2.45, 2.75) is 25.2 Å². The molecule has 0 bridgehead atoms. The van der Waals surface area contributed by atoms with E-state index in [1.165, 1.54) is 0 Å². The maximum absolute atomic E-state index is 13.0. The molecule has 2 fully saturated rings. The summed E-state index contributed by atoms with van der Waals surface area (Å²) in [6.45, 7) is 5.97. The molecule has 3 aliphatic heterocycles. The standard InChI is InChI=1S/C29H34N4O6/c1-30-18-25(34)32-9-8-24-26(27(32)28(30)35)22-16-21(39-15-12-31-10-13-38-14-11-31)6-7-23(22)33(24)17-19-2-4-20(5-3-19)29(36)37/h2-7,16,27-28,35H,8-15,17-18H2,1H3,(H,36,37). The minimum atomic E-state index is -0.952. The van der Waals surface area contributed by atoms with Gasteiger partial charge in [-0.2, -0.15) is 0 Å². The Labute approximate surface area is 226 Å². The molecule has 1 amide bonds. The van der Waals surface area contributed by atoms with Crippen molar-refractivity contribution in [3.05, 3.63) is 64.8 Å². The number of amides is 1. The topological polar surface area (TPSA) is 108 Å². The van der Waals surface area contributed by atoms with E-state index < -0.39 is 18.2 Å². The molecule has 0 aliphatic carbocycles. The molecule has 3 aromatic rings. The minimum Gasteiger partial charge on any atom is -0.492 e. The van der Waals surface area contributed by atoms with Gasteiger partial charge in [-0.25, -0.2) is 4.79 Å². The van der Waals surface area contributed by atoms with E-state index in [0.29, 0.717) is 26.1 Å². The van der Waals surface area contributed by atoms with Gasteiger partial charge in [0.05, 0.1) is 31.4 Å². The highest BCUT2D eigenvalue weighted by molar-refractivity contribution is 5.90. The van der Waals surface area contributed by atoms with E-state index in [2.05, 4.69) is 15.5 Å². The smallest absolute Gasteiger partial charge is 0.335 e. The molecule has 206 valence electrons. The summed E-state index contributed by atoms with van der Waals surface area (Å²) in [5.74, 6) is -0.184. The van der Waals surface area contributed by atoms with Crippen molar-refractivity contribution in [3.63, 3.8) is 0 Å². The van der Waals surface area contributed by atoms with Crippen LogP contribution in [0.25, 0.3) is 10.9 Å². The molecule has 2 aromatic carbocycles. The summed E-state index contributed by atoms with van der Waals surface area (Å²) in [6.07, 6.45) is -0.148. The first-order valence-electron chi connectivity index (χ1n) is 13.5. The van der Waals surface area contributed by atoms with Crippen molar-refractivity contribution in [1.29, 1.82) is 0 Å². The first-order chi connectivity index (χ1) is 18.9. The van der Waals surface area contributed by atoms with Crippen LogP contribution in [0.3, 0.4) is 0 Å². The number of morpholine rings is 1. The molecular weight excluding hydrogens is 500 g/mol. The van der Waals surface area contributed by atoms with E-state index in [-0.39, 0.29) is 18.0 Å². The van der Waals surface area contributed by atoms with Crippen LogP contribution in [-0.2, 0) is 22.5 Å². The normalized spacial score (nSPS) is 22.1. The van der Waals surface area contributed by atoms with Crippen molar-refractivity contribution < 1.29 is 29.3 Å². The zero-order chi connectivity index (χ0) is 27.1. The Morgan fingerprint density at radius 3 is 2.62 bits per heavy atom. The molecule has 0 radical (unpaired) electrons. The Balaban J connectivity index is 1.37. The van der Waals surface area contributed by atoms with Crippen LogP contribution in [0.4, 0.5) is 0 Å². The van der Waals surface area contributed by atoms with Gasteiger partial charge in [0.25, 0.3) is 0 Å². The van der Waals surface area contributed by atoms with Crippen LogP contribution in [-0.4, -0.2) is 107 Å². The van der Waals surface area contributed by atoms with Gasteiger partial charge in [0.2, 0.25) is 5.91 Å². The van der Waals surface area contributed by atoms with Gasteiger partial charge in [0.15, 0.2) is 0 Å². The Kier molecular flexibility index (Phi) is 7.03. The number of hydrogen-bond donors (Lipinski definition) is 2. The summed E-state index contributed by atoms with van der Waals surface area (Å²) in [5.41, 5.74) is 4.27. The number of likely N-dealkylation sites (N-methyl/N-ethyl adjacent to an activating group) is 1. The average molecular weight is 535 g/mol. The van der Waals surface area contributed by atoms with Crippen LogP contribution in [0.15, 0.2) is 42.5 Å². The number of nitrogens with zero attached hydrogens (tertiary/aromatic N) is 4. The van der Waals surface area contributed by atoms with Gasteiger partial charge in [0, 0.05) is 61.3 Å². The van der Waals surface area contributed by atoms with E-state index in [0.717, 1.165) is 66.3 Å². The molecular formula is C29H34N4O6. The summed E-state index contributed by atoms with van der Waals surface area (Å²) >= 11 is 0. The van der Waals surface area contributed by atoms with Crippen LogP contribution in [0.1, 0.15) is 33.2 Å². The Hall–Kier alpha value is -3.44. The fourth-order valence-electron chi connectivity index (χ4n) is 6.09. The Morgan fingerprint density at radius 1 is 1.10 bits per heavy atom. The number of aromatic nitrogens is 1. The third-order valence-corrected chi connectivity index (χ3v) is 8.17. The van der Waals surface area contributed by atoms with Gasteiger partial charge in [-0.1, -0.05) is 12.1 Å². The number of carboxylic acids is 1. The van der Waals surface area contributed by atoms with Crippen LogP contribution in [0.2, 0.25) is 0 Å². The van der Waals surface area contributed by atoms with Gasteiger partial charge < -0.3 is 29.2 Å². The SMILES string of the molecule is CN1CC(=O)N2CCc3c(c4cc(OCCN5CCOCC5)ccc4n3Cc3ccc(C(=O)O)cc3)C2C1O. The number of hydrogen-bond acceptors (Lipinski definition) is 7. The predicted molar refractivity (Wildman–Crippen MR) is 144 cm³/mol. The third-order valence-electron chi connectivity index (χ3n) is 8.17. The maximum Gasteiger partial charge on any atom is 0.335 e. The predicted octanol–water partition coefficient (Wildman–Crippen LogP) is 1.79. The number of aromatic carboxylic acids is 1. The van der Waals surface area contributed by atoms with Crippen molar-refractivity contribution in [3.8, 4) is 5.75 Å². The van der Waals surface area contributed by atoms with E-state index in [1.807, 2.05) is 29.2 Å². The maximum atomic E-state index is 13.0. The van der Waals surface area contributed by atoms with E-state index in [4.69, 9.17) is 9.47 Å². The van der Waals surface area contributed by atoms with Crippen molar-refractivity contribution in [2.24, 2.45) is 0 Å². The van der Waals surface area contributed by atoms with E-state index in [9.17, 15) is 19.8 Å². The summed E-state index contributed by atoms with van der Waals surface area (Å²) in [5, 5.41) is 21.5. The zero-order valence-corrected chi connectivity index (χ0v) is 22.1. The lowest BCUT2D eigenvalue weighted by molar-refractivity contribution is -0.157. The fraction of sp³-hybridized carbons (Fsp3) is 0.448. The number of carbonyl (C=O) groups is 2. The highest BCUT2D eigenvalue weighted by Crippen LogP contribution is 2.43. The number of aliphatic hydroxyl groups is 1. The van der Waals surface area contributed by atoms with Crippen LogP contribution >= 0.6 is 0 Å². The van der Waals surface area contributed by atoms with Gasteiger partial charge in [-0.05, 0) is 42.9 Å².